The third-order valence-corrected chi connectivity index (χ3v) is 2.91. The van der Waals surface area contributed by atoms with Crippen LogP contribution in [0.15, 0.2) is 41.3 Å². The number of rotatable bonds is 4. The topological polar surface area (TPSA) is 134 Å². The molecular formula is C12H10N4O5. The molecule has 9 heteroatoms. The Kier molecular flexibility index (Phi) is 3.65. The number of benzene rings is 1. The minimum Gasteiger partial charge on any atom is -0.393 e. The molecule has 0 saturated heterocycles. The van der Waals surface area contributed by atoms with E-state index in [0.29, 0.717) is 5.56 Å². The first-order chi connectivity index (χ1) is 9.91. The number of hydrogen-bond acceptors (Lipinski definition) is 6. The number of pyridine rings is 1. The molecule has 0 amide bonds. The summed E-state index contributed by atoms with van der Waals surface area (Å²) in [5, 5.41) is 21.5. The lowest BCUT2D eigenvalue weighted by atomic mass is 10.1. The SMILES string of the molecule is Nc1c(Cn2cccc([N+](=O)[O-])c2=O)cccc1[N+](=O)[O-]. The molecule has 9 nitrogen and oxygen atoms in total. The van der Waals surface area contributed by atoms with E-state index in [4.69, 9.17) is 5.73 Å². The molecular weight excluding hydrogens is 280 g/mol. The van der Waals surface area contributed by atoms with Gasteiger partial charge in [-0.05, 0) is 6.07 Å². The van der Waals surface area contributed by atoms with Gasteiger partial charge in [-0.25, -0.2) is 0 Å². The van der Waals surface area contributed by atoms with E-state index in [9.17, 15) is 25.0 Å². The van der Waals surface area contributed by atoms with Crippen molar-refractivity contribution in [1.29, 1.82) is 0 Å². The molecule has 0 aliphatic rings. The predicted octanol–water partition coefficient (Wildman–Crippen LogP) is 1.30. The van der Waals surface area contributed by atoms with E-state index in [1.165, 1.54) is 30.5 Å². The molecule has 0 saturated carbocycles. The zero-order valence-electron chi connectivity index (χ0n) is 10.6. The van der Waals surface area contributed by atoms with Crippen molar-refractivity contribution >= 4 is 17.1 Å². The molecule has 0 atom stereocenters. The van der Waals surface area contributed by atoms with E-state index < -0.39 is 21.1 Å². The van der Waals surface area contributed by atoms with Crippen molar-refractivity contribution in [2.24, 2.45) is 0 Å². The molecule has 2 aromatic rings. The third kappa shape index (κ3) is 2.71. The number of aromatic nitrogens is 1. The normalized spacial score (nSPS) is 10.3. The van der Waals surface area contributed by atoms with Gasteiger partial charge in [0, 0.05) is 23.9 Å². The minimum atomic E-state index is -0.798. The fourth-order valence-corrected chi connectivity index (χ4v) is 1.87. The summed E-state index contributed by atoms with van der Waals surface area (Å²) in [7, 11) is 0. The van der Waals surface area contributed by atoms with E-state index in [0.717, 1.165) is 10.6 Å². The van der Waals surface area contributed by atoms with Gasteiger partial charge in [0.2, 0.25) is 0 Å². The standard InChI is InChI=1S/C12H10N4O5/c13-11-8(3-1-4-9(11)15(18)19)7-14-6-2-5-10(12(14)17)16(20)21/h1-6H,7,13H2. The summed E-state index contributed by atoms with van der Waals surface area (Å²) in [6.45, 7) is -0.0893. The van der Waals surface area contributed by atoms with Gasteiger partial charge in [-0.3, -0.25) is 25.0 Å². The number of nitrogens with two attached hydrogens (primary N) is 1. The van der Waals surface area contributed by atoms with Crippen LogP contribution in [0.2, 0.25) is 0 Å². The minimum absolute atomic E-state index is 0.0686. The highest BCUT2D eigenvalue weighted by atomic mass is 16.6. The summed E-state index contributed by atoms with van der Waals surface area (Å²) >= 11 is 0. The molecule has 0 unspecified atom stereocenters. The van der Waals surface area contributed by atoms with Gasteiger partial charge in [-0.15, -0.1) is 0 Å². The van der Waals surface area contributed by atoms with Crippen LogP contribution in [0.4, 0.5) is 17.1 Å². The van der Waals surface area contributed by atoms with Crippen molar-refractivity contribution < 1.29 is 9.85 Å². The summed E-state index contributed by atoms with van der Waals surface area (Å²) in [4.78, 5) is 32.0. The van der Waals surface area contributed by atoms with Gasteiger partial charge < -0.3 is 10.3 Å². The number of nitro groups is 2. The molecule has 1 aromatic carbocycles. The van der Waals surface area contributed by atoms with Crippen molar-refractivity contribution in [3.8, 4) is 0 Å². The number of para-hydroxylation sites is 1. The van der Waals surface area contributed by atoms with Crippen LogP contribution >= 0.6 is 0 Å². The Bertz CT molecular complexity index is 783. The van der Waals surface area contributed by atoms with E-state index in [-0.39, 0.29) is 17.9 Å². The molecule has 0 radical (unpaired) electrons. The van der Waals surface area contributed by atoms with Crippen molar-refractivity contribution in [3.63, 3.8) is 0 Å². The van der Waals surface area contributed by atoms with E-state index >= 15 is 0 Å². The van der Waals surface area contributed by atoms with Crippen molar-refractivity contribution in [3.05, 3.63) is 72.7 Å². The van der Waals surface area contributed by atoms with Gasteiger partial charge in [0.15, 0.2) is 0 Å². The maximum Gasteiger partial charge on any atom is 0.334 e. The zero-order chi connectivity index (χ0) is 15.6. The Morgan fingerprint density at radius 1 is 1.05 bits per heavy atom. The van der Waals surface area contributed by atoms with E-state index in [2.05, 4.69) is 0 Å². The summed E-state index contributed by atoms with van der Waals surface area (Å²) in [5.74, 6) is 0. The van der Waals surface area contributed by atoms with Crippen LogP contribution in [0.5, 0.6) is 0 Å². The molecule has 21 heavy (non-hydrogen) atoms. The van der Waals surface area contributed by atoms with Crippen LogP contribution in [0.25, 0.3) is 0 Å². The van der Waals surface area contributed by atoms with E-state index in [1.54, 1.807) is 0 Å². The number of nitrogens with zero attached hydrogens (tertiary/aromatic N) is 3. The zero-order valence-corrected chi connectivity index (χ0v) is 10.6. The number of anilines is 1. The van der Waals surface area contributed by atoms with Crippen LogP contribution in [0.3, 0.4) is 0 Å². The largest absolute Gasteiger partial charge is 0.393 e. The van der Waals surface area contributed by atoms with Gasteiger partial charge in [0.05, 0.1) is 16.4 Å². The highest BCUT2D eigenvalue weighted by Crippen LogP contribution is 2.25. The second-order valence-electron chi connectivity index (χ2n) is 4.19. The molecule has 0 fully saturated rings. The summed E-state index contributed by atoms with van der Waals surface area (Å²) in [6.07, 6.45) is 1.35. The lowest BCUT2D eigenvalue weighted by molar-refractivity contribution is -0.386. The summed E-state index contributed by atoms with van der Waals surface area (Å²) in [6, 6.07) is 6.65. The third-order valence-electron chi connectivity index (χ3n) is 2.91. The molecule has 2 rings (SSSR count). The number of nitrogen functional groups attached to an aromatic ring is 1. The fourth-order valence-electron chi connectivity index (χ4n) is 1.87. The van der Waals surface area contributed by atoms with Gasteiger partial charge >= 0.3 is 11.2 Å². The number of nitro benzene ring substituents is 1. The molecule has 0 bridgehead atoms. The molecule has 2 N–H and O–H groups in total. The quantitative estimate of drug-likeness (QED) is 0.512. The molecule has 1 aromatic heterocycles. The second kappa shape index (κ2) is 5.41. The molecule has 0 aliphatic carbocycles. The average molecular weight is 290 g/mol. The van der Waals surface area contributed by atoms with Gasteiger partial charge in [0.1, 0.15) is 5.69 Å². The maximum atomic E-state index is 11.9. The Hall–Kier alpha value is -3.23. The average Bonchev–Trinajstić information content (AvgIpc) is 2.42. The van der Waals surface area contributed by atoms with Gasteiger partial charge in [-0.2, -0.15) is 0 Å². The maximum absolute atomic E-state index is 11.9. The lowest BCUT2D eigenvalue weighted by Crippen LogP contribution is -2.22. The Morgan fingerprint density at radius 2 is 1.67 bits per heavy atom. The summed E-state index contributed by atoms with van der Waals surface area (Å²) in [5.41, 5.74) is 4.32. The molecule has 108 valence electrons. The Balaban J connectivity index is 2.47. The second-order valence-corrected chi connectivity index (χ2v) is 4.19. The Morgan fingerprint density at radius 3 is 2.29 bits per heavy atom. The first-order valence-electron chi connectivity index (χ1n) is 5.77. The van der Waals surface area contributed by atoms with Crippen molar-refractivity contribution in [2.75, 3.05) is 5.73 Å². The summed E-state index contributed by atoms with van der Waals surface area (Å²) < 4.78 is 1.08. The van der Waals surface area contributed by atoms with Crippen LogP contribution in [0.1, 0.15) is 5.56 Å². The predicted molar refractivity (Wildman–Crippen MR) is 74.0 cm³/mol. The highest BCUT2D eigenvalue weighted by molar-refractivity contribution is 5.63. The highest BCUT2D eigenvalue weighted by Gasteiger charge is 2.17. The van der Waals surface area contributed by atoms with Crippen LogP contribution in [0, 0.1) is 20.2 Å². The Labute approximate surface area is 117 Å². The molecule has 0 aliphatic heterocycles. The first kappa shape index (κ1) is 14.2. The fraction of sp³-hybridized carbons (Fsp3) is 0.0833. The van der Waals surface area contributed by atoms with Crippen molar-refractivity contribution in [1.82, 2.24) is 4.57 Å². The lowest BCUT2D eigenvalue weighted by Gasteiger charge is -2.08. The molecule has 0 spiro atoms. The van der Waals surface area contributed by atoms with Gasteiger partial charge in [-0.1, -0.05) is 12.1 Å². The number of hydrogen-bond donors (Lipinski definition) is 1. The van der Waals surface area contributed by atoms with Crippen LogP contribution in [-0.2, 0) is 6.54 Å². The molecule has 1 heterocycles. The van der Waals surface area contributed by atoms with Crippen LogP contribution < -0.4 is 11.3 Å². The van der Waals surface area contributed by atoms with Crippen LogP contribution in [-0.4, -0.2) is 14.4 Å². The van der Waals surface area contributed by atoms with Crippen molar-refractivity contribution in [2.45, 2.75) is 6.54 Å². The van der Waals surface area contributed by atoms with E-state index in [1.807, 2.05) is 0 Å². The smallest absolute Gasteiger partial charge is 0.334 e. The monoisotopic (exact) mass is 290 g/mol. The van der Waals surface area contributed by atoms with Gasteiger partial charge in [0.25, 0.3) is 5.69 Å². The first-order valence-corrected chi connectivity index (χ1v) is 5.77.